The zero-order valence-electron chi connectivity index (χ0n) is 8.96. The van der Waals surface area contributed by atoms with Crippen LogP contribution in [0.5, 0.6) is 0 Å². The van der Waals surface area contributed by atoms with E-state index in [1.54, 1.807) is 0 Å². The minimum atomic E-state index is -0.277. The highest BCUT2D eigenvalue weighted by molar-refractivity contribution is 5.16. The Bertz CT molecular complexity index is 355. The third-order valence-corrected chi connectivity index (χ3v) is 2.31. The molecule has 1 aliphatic rings. The Morgan fingerprint density at radius 3 is 2.94 bits per heavy atom. The summed E-state index contributed by atoms with van der Waals surface area (Å²) in [5.41, 5.74) is 1.03. The van der Waals surface area contributed by atoms with Gasteiger partial charge in [0.05, 0.1) is 13.2 Å². The number of terminal acetylenes is 1. The van der Waals surface area contributed by atoms with Crippen molar-refractivity contribution in [3.05, 3.63) is 35.9 Å². The van der Waals surface area contributed by atoms with E-state index in [2.05, 4.69) is 5.92 Å². The Hall–Kier alpha value is -1.34. The summed E-state index contributed by atoms with van der Waals surface area (Å²) in [5.74, 6) is 2.42. The van der Waals surface area contributed by atoms with E-state index in [0.717, 1.165) is 5.56 Å². The van der Waals surface area contributed by atoms with Gasteiger partial charge in [-0.2, -0.15) is 0 Å². The zero-order chi connectivity index (χ0) is 11.2. The molecule has 0 spiro atoms. The molecule has 0 bridgehead atoms. The SMILES string of the molecule is C#CCOC[C@@H]1CO[C@@H](c2ccccc2)O1. The van der Waals surface area contributed by atoms with Crippen LogP contribution in [-0.2, 0) is 14.2 Å². The minimum absolute atomic E-state index is 0.0291. The Morgan fingerprint density at radius 2 is 2.19 bits per heavy atom. The standard InChI is InChI=1S/C13H14O3/c1-2-8-14-9-12-10-15-13(16-12)11-6-4-3-5-7-11/h1,3-7,12-13H,8-10H2/t12-,13-/m1/s1. The molecule has 1 heterocycles. The number of hydrogen-bond acceptors (Lipinski definition) is 3. The van der Waals surface area contributed by atoms with Gasteiger partial charge in [-0.05, 0) is 0 Å². The van der Waals surface area contributed by atoms with E-state index in [9.17, 15) is 0 Å². The van der Waals surface area contributed by atoms with Gasteiger partial charge in [0, 0.05) is 5.56 Å². The topological polar surface area (TPSA) is 27.7 Å². The van der Waals surface area contributed by atoms with E-state index in [4.69, 9.17) is 20.6 Å². The molecule has 1 fully saturated rings. The van der Waals surface area contributed by atoms with Crippen molar-refractivity contribution < 1.29 is 14.2 Å². The summed E-state index contributed by atoms with van der Waals surface area (Å²) < 4.78 is 16.4. The molecule has 84 valence electrons. The second-order valence-corrected chi connectivity index (χ2v) is 3.55. The summed E-state index contributed by atoms with van der Waals surface area (Å²) in [6.07, 6.45) is 4.78. The summed E-state index contributed by atoms with van der Waals surface area (Å²) in [6.45, 7) is 1.34. The van der Waals surface area contributed by atoms with Crippen LogP contribution in [-0.4, -0.2) is 25.9 Å². The lowest BCUT2D eigenvalue weighted by Crippen LogP contribution is -2.17. The van der Waals surface area contributed by atoms with Crippen molar-refractivity contribution in [3.63, 3.8) is 0 Å². The first-order chi connectivity index (χ1) is 7.90. The molecule has 1 saturated heterocycles. The fourth-order valence-electron chi connectivity index (χ4n) is 1.57. The van der Waals surface area contributed by atoms with E-state index >= 15 is 0 Å². The molecule has 0 aliphatic carbocycles. The van der Waals surface area contributed by atoms with Gasteiger partial charge in [-0.1, -0.05) is 36.3 Å². The van der Waals surface area contributed by atoms with Crippen LogP contribution < -0.4 is 0 Å². The van der Waals surface area contributed by atoms with Crippen LogP contribution >= 0.6 is 0 Å². The molecule has 16 heavy (non-hydrogen) atoms. The Labute approximate surface area is 95.3 Å². The second kappa shape index (κ2) is 5.66. The van der Waals surface area contributed by atoms with Gasteiger partial charge >= 0.3 is 0 Å². The molecule has 0 unspecified atom stereocenters. The normalized spacial score (nSPS) is 24.2. The molecule has 2 rings (SSSR count). The number of ether oxygens (including phenoxy) is 3. The Morgan fingerprint density at radius 1 is 1.38 bits per heavy atom. The highest BCUT2D eigenvalue weighted by atomic mass is 16.7. The molecule has 1 aliphatic heterocycles. The van der Waals surface area contributed by atoms with Gasteiger partial charge in [0.25, 0.3) is 0 Å². The maximum atomic E-state index is 5.68. The lowest BCUT2D eigenvalue weighted by Gasteiger charge is -2.11. The van der Waals surface area contributed by atoms with Gasteiger partial charge in [0.2, 0.25) is 0 Å². The third kappa shape index (κ3) is 2.83. The van der Waals surface area contributed by atoms with Crippen molar-refractivity contribution in [2.24, 2.45) is 0 Å². The molecule has 0 N–H and O–H groups in total. The van der Waals surface area contributed by atoms with Crippen molar-refractivity contribution in [1.29, 1.82) is 0 Å². The number of benzene rings is 1. The first-order valence-corrected chi connectivity index (χ1v) is 5.23. The van der Waals surface area contributed by atoms with Crippen LogP contribution in [0.25, 0.3) is 0 Å². The average molecular weight is 218 g/mol. The molecule has 2 atom stereocenters. The Kier molecular flexibility index (Phi) is 3.95. The maximum Gasteiger partial charge on any atom is 0.184 e. The van der Waals surface area contributed by atoms with E-state index < -0.39 is 0 Å². The summed E-state index contributed by atoms with van der Waals surface area (Å²) in [6, 6.07) is 9.85. The second-order valence-electron chi connectivity index (χ2n) is 3.55. The zero-order valence-corrected chi connectivity index (χ0v) is 8.96. The first kappa shape index (κ1) is 11.2. The van der Waals surface area contributed by atoms with Gasteiger partial charge in [0.15, 0.2) is 6.29 Å². The first-order valence-electron chi connectivity index (χ1n) is 5.23. The van der Waals surface area contributed by atoms with Crippen LogP contribution in [0.1, 0.15) is 11.9 Å². The van der Waals surface area contributed by atoms with Crippen molar-refractivity contribution in [2.75, 3.05) is 19.8 Å². The third-order valence-electron chi connectivity index (χ3n) is 2.31. The van der Waals surface area contributed by atoms with Crippen molar-refractivity contribution in [3.8, 4) is 12.3 Å². The number of rotatable bonds is 4. The van der Waals surface area contributed by atoms with Gasteiger partial charge in [-0.3, -0.25) is 0 Å². The summed E-state index contributed by atoms with van der Waals surface area (Å²) in [5, 5.41) is 0. The van der Waals surface area contributed by atoms with Crippen LogP contribution in [0, 0.1) is 12.3 Å². The fraction of sp³-hybridized carbons (Fsp3) is 0.385. The van der Waals surface area contributed by atoms with Crippen LogP contribution in [0.15, 0.2) is 30.3 Å². The molecular weight excluding hydrogens is 204 g/mol. The van der Waals surface area contributed by atoms with Crippen LogP contribution in [0.2, 0.25) is 0 Å². The summed E-state index contributed by atoms with van der Waals surface area (Å²) in [7, 11) is 0. The van der Waals surface area contributed by atoms with Crippen molar-refractivity contribution in [1.82, 2.24) is 0 Å². The van der Waals surface area contributed by atoms with Gasteiger partial charge in [-0.15, -0.1) is 6.42 Å². The Balaban J connectivity index is 1.82. The van der Waals surface area contributed by atoms with Gasteiger partial charge in [-0.25, -0.2) is 0 Å². The lowest BCUT2D eigenvalue weighted by molar-refractivity contribution is -0.0720. The quantitative estimate of drug-likeness (QED) is 0.569. The lowest BCUT2D eigenvalue weighted by atomic mass is 10.2. The molecule has 0 radical (unpaired) electrons. The van der Waals surface area contributed by atoms with Crippen molar-refractivity contribution >= 4 is 0 Å². The largest absolute Gasteiger partial charge is 0.366 e. The molecule has 1 aromatic rings. The molecule has 0 saturated carbocycles. The van der Waals surface area contributed by atoms with Crippen LogP contribution in [0.4, 0.5) is 0 Å². The predicted octanol–water partition coefficient (Wildman–Crippen LogP) is 1.75. The highest BCUT2D eigenvalue weighted by Gasteiger charge is 2.26. The molecule has 0 aromatic heterocycles. The summed E-state index contributed by atoms with van der Waals surface area (Å²) in [4.78, 5) is 0. The number of hydrogen-bond donors (Lipinski definition) is 0. The summed E-state index contributed by atoms with van der Waals surface area (Å²) >= 11 is 0. The highest BCUT2D eigenvalue weighted by Crippen LogP contribution is 2.26. The molecule has 3 heteroatoms. The molecule has 1 aromatic carbocycles. The van der Waals surface area contributed by atoms with E-state index in [1.165, 1.54) is 0 Å². The van der Waals surface area contributed by atoms with Crippen LogP contribution in [0.3, 0.4) is 0 Å². The molecule has 0 amide bonds. The predicted molar refractivity (Wildman–Crippen MR) is 59.7 cm³/mol. The van der Waals surface area contributed by atoms with E-state index in [1.807, 2.05) is 30.3 Å². The fourth-order valence-corrected chi connectivity index (χ4v) is 1.57. The van der Waals surface area contributed by atoms with Crippen molar-refractivity contribution in [2.45, 2.75) is 12.4 Å². The maximum absolute atomic E-state index is 5.68. The smallest absolute Gasteiger partial charge is 0.184 e. The minimum Gasteiger partial charge on any atom is -0.366 e. The van der Waals surface area contributed by atoms with Gasteiger partial charge < -0.3 is 14.2 Å². The monoisotopic (exact) mass is 218 g/mol. The van der Waals surface area contributed by atoms with E-state index in [-0.39, 0.29) is 12.4 Å². The van der Waals surface area contributed by atoms with Gasteiger partial charge in [0.1, 0.15) is 12.7 Å². The average Bonchev–Trinajstić information content (AvgIpc) is 2.79. The molecular formula is C13H14O3. The molecule has 3 nitrogen and oxygen atoms in total. The van der Waals surface area contributed by atoms with E-state index in [0.29, 0.717) is 19.8 Å².